The lowest BCUT2D eigenvalue weighted by Crippen LogP contribution is -2.43. The third kappa shape index (κ3) is 5.68. The van der Waals surface area contributed by atoms with E-state index in [1.807, 2.05) is 0 Å². The Balaban J connectivity index is 1.65. The van der Waals surface area contributed by atoms with Crippen molar-refractivity contribution in [3.8, 4) is 0 Å². The Hall–Kier alpha value is -1.43. The zero-order valence-electron chi connectivity index (χ0n) is 22.0. The van der Waals surface area contributed by atoms with E-state index in [0.29, 0.717) is 37.0 Å². The van der Waals surface area contributed by atoms with Crippen LogP contribution in [0.15, 0.2) is 35.5 Å². The number of nitrogens with zero attached hydrogens (tertiary/aromatic N) is 1. The van der Waals surface area contributed by atoms with Gasteiger partial charge in [-0.3, -0.25) is 4.79 Å². The first kappa shape index (κ1) is 27.2. The molecule has 1 amide bonds. The summed E-state index contributed by atoms with van der Waals surface area (Å²) < 4.78 is 0. The summed E-state index contributed by atoms with van der Waals surface area (Å²) in [6.07, 6.45) is 12.6. The molecule has 0 heterocycles. The van der Waals surface area contributed by atoms with Gasteiger partial charge in [0.25, 0.3) is 5.91 Å². The molecule has 0 radical (unpaired) electrons. The monoisotopic (exact) mass is 473 g/mol. The van der Waals surface area contributed by atoms with E-state index in [0.717, 1.165) is 30.4 Å². The molecule has 192 valence electrons. The van der Waals surface area contributed by atoms with E-state index < -0.39 is 17.8 Å². The summed E-state index contributed by atoms with van der Waals surface area (Å²) >= 11 is 0. The van der Waals surface area contributed by atoms with Crippen molar-refractivity contribution in [2.24, 2.45) is 23.2 Å². The second kappa shape index (κ2) is 10.7. The minimum Gasteiger partial charge on any atom is -0.393 e. The number of aliphatic hydroxyl groups excluding tert-OH is 2. The molecule has 0 bridgehead atoms. The molecular formula is C29H47NO4. The second-order valence-electron chi connectivity index (χ2n) is 12.0. The van der Waals surface area contributed by atoms with Gasteiger partial charge < -0.3 is 20.2 Å². The molecule has 0 saturated heterocycles. The Kier molecular flexibility index (Phi) is 8.53. The third-order valence-corrected chi connectivity index (χ3v) is 9.18. The topological polar surface area (TPSA) is 81.0 Å². The van der Waals surface area contributed by atoms with Crippen LogP contribution in [0.25, 0.3) is 0 Å². The summed E-state index contributed by atoms with van der Waals surface area (Å²) in [5.41, 5.74) is 2.24. The largest absolute Gasteiger partial charge is 0.393 e. The van der Waals surface area contributed by atoms with Gasteiger partial charge >= 0.3 is 0 Å². The van der Waals surface area contributed by atoms with Crippen LogP contribution in [0.2, 0.25) is 0 Å². The number of likely N-dealkylation sites (N-methyl/N-ethyl adjacent to an activating group) is 1. The summed E-state index contributed by atoms with van der Waals surface area (Å²) in [4.78, 5) is 13.7. The predicted molar refractivity (Wildman–Crippen MR) is 137 cm³/mol. The highest BCUT2D eigenvalue weighted by molar-refractivity contribution is 5.83. The summed E-state index contributed by atoms with van der Waals surface area (Å²) in [6.45, 7) is 10.5. The van der Waals surface area contributed by atoms with Crippen LogP contribution in [0.5, 0.6) is 0 Å². The Morgan fingerprint density at radius 1 is 1.29 bits per heavy atom. The fraction of sp³-hybridized carbons (Fsp3) is 0.759. The number of fused-ring (bicyclic) bond motifs is 1. The number of rotatable bonds is 7. The van der Waals surface area contributed by atoms with E-state index in [-0.39, 0.29) is 11.3 Å². The molecule has 3 saturated carbocycles. The highest BCUT2D eigenvalue weighted by Crippen LogP contribution is 2.60. The van der Waals surface area contributed by atoms with E-state index in [9.17, 15) is 20.1 Å². The lowest BCUT2D eigenvalue weighted by Gasteiger charge is -2.44. The zero-order chi connectivity index (χ0) is 25.3. The molecule has 3 aliphatic rings. The van der Waals surface area contributed by atoms with Gasteiger partial charge in [-0.15, -0.1) is 0 Å². The van der Waals surface area contributed by atoms with Crippen LogP contribution in [-0.4, -0.2) is 58.0 Å². The second-order valence-corrected chi connectivity index (χ2v) is 12.0. The lowest BCUT2D eigenvalue weighted by atomic mass is 9.60. The molecule has 3 fully saturated rings. The minimum atomic E-state index is -1.29. The SMILES string of the molecule is C=C1C(=CC=C2CCC[C@@]3(C)C2CC[C@@H]3[C@H](C)CCC[C@@](C)(O)C(=O)N(C)C)C[C@@H](O)C[C@@H]1O. The number of hydrogen-bond donors (Lipinski definition) is 3. The maximum Gasteiger partial charge on any atom is 0.253 e. The van der Waals surface area contributed by atoms with Gasteiger partial charge in [-0.05, 0) is 92.6 Å². The van der Waals surface area contributed by atoms with Crippen molar-refractivity contribution in [3.63, 3.8) is 0 Å². The summed E-state index contributed by atoms with van der Waals surface area (Å²) in [7, 11) is 3.38. The summed E-state index contributed by atoms with van der Waals surface area (Å²) in [5.74, 6) is 1.57. The molecule has 7 atom stereocenters. The van der Waals surface area contributed by atoms with Gasteiger partial charge in [0.15, 0.2) is 0 Å². The van der Waals surface area contributed by atoms with E-state index in [1.165, 1.54) is 36.2 Å². The molecule has 3 N–H and O–H groups in total. The van der Waals surface area contributed by atoms with E-state index in [1.54, 1.807) is 21.0 Å². The van der Waals surface area contributed by atoms with Crippen LogP contribution in [-0.2, 0) is 4.79 Å². The van der Waals surface area contributed by atoms with Crippen molar-refractivity contribution in [1.29, 1.82) is 0 Å². The first-order valence-corrected chi connectivity index (χ1v) is 13.3. The van der Waals surface area contributed by atoms with Crippen molar-refractivity contribution in [2.75, 3.05) is 14.1 Å². The summed E-state index contributed by atoms with van der Waals surface area (Å²) in [5, 5.41) is 30.8. The molecular weight excluding hydrogens is 426 g/mol. The van der Waals surface area contributed by atoms with E-state index in [4.69, 9.17) is 0 Å². The van der Waals surface area contributed by atoms with Crippen molar-refractivity contribution in [2.45, 2.75) is 103 Å². The number of amides is 1. The Morgan fingerprint density at radius 2 is 2.00 bits per heavy atom. The molecule has 3 aliphatic carbocycles. The van der Waals surface area contributed by atoms with Crippen LogP contribution < -0.4 is 0 Å². The van der Waals surface area contributed by atoms with Gasteiger partial charge in [0.1, 0.15) is 5.60 Å². The van der Waals surface area contributed by atoms with Gasteiger partial charge in [0.05, 0.1) is 12.2 Å². The molecule has 5 heteroatoms. The molecule has 3 rings (SSSR count). The number of carbonyl (C=O) groups is 1. The Morgan fingerprint density at radius 3 is 2.68 bits per heavy atom. The predicted octanol–water partition coefficient (Wildman–Crippen LogP) is 4.77. The van der Waals surface area contributed by atoms with Crippen LogP contribution >= 0.6 is 0 Å². The number of carbonyl (C=O) groups excluding carboxylic acids is 1. The first-order chi connectivity index (χ1) is 15.9. The minimum absolute atomic E-state index is 0.218. The standard InChI is InChI=1S/C29H47NO4/c1-19(9-7-16-29(4,34)27(33)30(5)6)24-13-14-25-21(10-8-15-28(24,25)3)11-12-22-17-23(31)18-26(32)20(22)2/h11-12,19,23-26,31-32,34H,2,7-10,13-18H2,1,3-6H3/t19-,23-,24-,25?,26+,28-,29-/m1/s1. The third-order valence-electron chi connectivity index (χ3n) is 9.18. The first-order valence-electron chi connectivity index (χ1n) is 13.3. The zero-order valence-corrected chi connectivity index (χ0v) is 22.0. The maximum atomic E-state index is 12.2. The van der Waals surface area contributed by atoms with Crippen molar-refractivity contribution < 1.29 is 20.1 Å². The molecule has 0 aromatic rings. The molecule has 0 aromatic heterocycles. The smallest absolute Gasteiger partial charge is 0.253 e. The molecule has 0 aromatic carbocycles. The van der Waals surface area contributed by atoms with Gasteiger partial charge in [-0.2, -0.15) is 0 Å². The number of aliphatic hydroxyl groups is 3. The summed E-state index contributed by atoms with van der Waals surface area (Å²) in [6, 6.07) is 0. The van der Waals surface area contributed by atoms with Gasteiger partial charge in [0, 0.05) is 20.5 Å². The van der Waals surface area contributed by atoms with Crippen molar-refractivity contribution in [1.82, 2.24) is 4.90 Å². The van der Waals surface area contributed by atoms with Crippen molar-refractivity contribution in [3.05, 3.63) is 35.5 Å². The average molecular weight is 474 g/mol. The van der Waals surface area contributed by atoms with Crippen molar-refractivity contribution >= 4 is 5.91 Å². The van der Waals surface area contributed by atoms with Crippen LogP contribution in [0, 0.1) is 23.2 Å². The van der Waals surface area contributed by atoms with Crippen LogP contribution in [0.4, 0.5) is 0 Å². The fourth-order valence-electron chi connectivity index (χ4n) is 7.24. The van der Waals surface area contributed by atoms with Gasteiger partial charge in [0.2, 0.25) is 0 Å². The molecule has 0 spiro atoms. The Bertz CT molecular complexity index is 826. The number of allylic oxidation sites excluding steroid dienone is 3. The van der Waals surface area contributed by atoms with Gasteiger partial charge in [-0.1, -0.05) is 44.6 Å². The molecule has 0 aliphatic heterocycles. The van der Waals surface area contributed by atoms with E-state index >= 15 is 0 Å². The molecule has 5 nitrogen and oxygen atoms in total. The maximum absolute atomic E-state index is 12.2. The van der Waals surface area contributed by atoms with Crippen LogP contribution in [0.3, 0.4) is 0 Å². The molecule has 34 heavy (non-hydrogen) atoms. The van der Waals surface area contributed by atoms with Gasteiger partial charge in [-0.25, -0.2) is 0 Å². The van der Waals surface area contributed by atoms with E-state index in [2.05, 4.69) is 32.6 Å². The average Bonchev–Trinajstić information content (AvgIpc) is 3.11. The molecule has 1 unspecified atom stereocenters. The highest BCUT2D eigenvalue weighted by Gasteiger charge is 2.50. The fourth-order valence-corrected chi connectivity index (χ4v) is 7.24. The highest BCUT2D eigenvalue weighted by atomic mass is 16.3. The normalized spacial score (nSPS) is 36.9. The quantitative estimate of drug-likeness (QED) is 0.497. The van der Waals surface area contributed by atoms with Crippen LogP contribution in [0.1, 0.15) is 85.0 Å². The number of hydrogen-bond acceptors (Lipinski definition) is 4. The lowest BCUT2D eigenvalue weighted by molar-refractivity contribution is -0.147. The Labute approximate surface area is 206 Å².